The molecular formula is HO2PZn. The van der Waals surface area contributed by atoms with Crippen LogP contribution >= 0.6 is 8.34 Å². The van der Waals surface area contributed by atoms with Gasteiger partial charge in [0.05, 0.1) is 0 Å². The predicted molar refractivity (Wildman–Crippen MR) is 9.69 cm³/mol. The maximum absolute atomic E-state index is 8.40. The minimum Gasteiger partial charge on any atom is -0.241 e. The van der Waals surface area contributed by atoms with E-state index >= 15 is 0 Å². The van der Waals surface area contributed by atoms with E-state index in [0.717, 1.165) is 0 Å². The second-order valence-electron chi connectivity index (χ2n) is 0.0833. The van der Waals surface area contributed by atoms with Crippen LogP contribution in [-0.2, 0) is 28.6 Å². The first-order chi connectivity index (χ1) is 1.41. The van der Waals surface area contributed by atoms with Gasteiger partial charge in [-0.1, -0.05) is 0 Å². The standard InChI is InChI=1S/HO2P.Zn/c1-3-2;/h3H;. The molecule has 0 aliphatic rings. The summed E-state index contributed by atoms with van der Waals surface area (Å²) in [5.41, 5.74) is 0. The molecule has 0 amide bonds. The fraction of sp³-hybridized carbons (Fsp3) is 0. The van der Waals surface area contributed by atoms with Crippen LogP contribution in [0.25, 0.3) is 0 Å². The molecule has 0 rings (SSSR count). The number of hydrogen-bond acceptors (Lipinski definition) is 2. The van der Waals surface area contributed by atoms with Gasteiger partial charge in [0, 0.05) is 19.5 Å². The Balaban J connectivity index is 0. The summed E-state index contributed by atoms with van der Waals surface area (Å²) in [5.74, 6) is 0. The summed E-state index contributed by atoms with van der Waals surface area (Å²) < 4.78 is 16.8. The smallest absolute Gasteiger partial charge is 0.241 e. The van der Waals surface area contributed by atoms with Crippen molar-refractivity contribution in [2.75, 3.05) is 0 Å². The molecule has 0 heterocycles. The second kappa shape index (κ2) is 9.67. The maximum atomic E-state index is 8.40. The van der Waals surface area contributed by atoms with E-state index in [0.29, 0.717) is 0 Å². The van der Waals surface area contributed by atoms with E-state index in [1.807, 2.05) is 0 Å². The molecule has 2 nitrogen and oxygen atoms in total. The summed E-state index contributed by atoms with van der Waals surface area (Å²) in [6.45, 7) is 0. The Labute approximate surface area is 37.6 Å². The monoisotopic (exact) mass is 128 g/mol. The van der Waals surface area contributed by atoms with Crippen molar-refractivity contribution in [1.29, 1.82) is 0 Å². The van der Waals surface area contributed by atoms with E-state index in [2.05, 4.69) is 0 Å². The van der Waals surface area contributed by atoms with Gasteiger partial charge in [0.25, 0.3) is 0 Å². The average molecular weight is 129 g/mol. The van der Waals surface area contributed by atoms with Crippen molar-refractivity contribution >= 4 is 8.34 Å². The van der Waals surface area contributed by atoms with Gasteiger partial charge in [0.1, 0.15) is 0 Å². The fourth-order valence-corrected chi connectivity index (χ4v) is 0. The Bertz CT molecular complexity index is 27.0. The molecule has 0 aliphatic carbocycles. The van der Waals surface area contributed by atoms with Crippen LogP contribution < -0.4 is 0 Å². The van der Waals surface area contributed by atoms with Gasteiger partial charge >= 0.3 is 8.34 Å². The minimum atomic E-state index is -1.42. The first kappa shape index (κ1) is 8.82. The molecule has 0 aromatic carbocycles. The predicted octanol–water partition coefficient (Wildman–Crippen LogP) is 0.353. The van der Waals surface area contributed by atoms with E-state index in [-0.39, 0.29) is 19.5 Å². The van der Waals surface area contributed by atoms with Crippen LogP contribution in [0, 0.1) is 0 Å². The normalized spacial score (nSPS) is 3.00. The van der Waals surface area contributed by atoms with Crippen molar-refractivity contribution < 1.29 is 28.6 Å². The molecule has 0 aliphatic heterocycles. The van der Waals surface area contributed by atoms with E-state index in [1.54, 1.807) is 0 Å². The maximum Gasteiger partial charge on any atom is 0.303 e. The number of rotatable bonds is 0. The molecule has 0 aromatic heterocycles. The summed E-state index contributed by atoms with van der Waals surface area (Å²) in [5, 5.41) is 0. The summed E-state index contributed by atoms with van der Waals surface area (Å²) in [7, 11) is -1.42. The molecule has 0 spiro atoms. The van der Waals surface area contributed by atoms with Gasteiger partial charge in [-0.2, -0.15) is 0 Å². The van der Waals surface area contributed by atoms with Crippen molar-refractivity contribution in [2.45, 2.75) is 0 Å². The Morgan fingerprint density at radius 3 is 1.25 bits per heavy atom. The van der Waals surface area contributed by atoms with Crippen LogP contribution in [0.4, 0.5) is 0 Å². The average Bonchev–Trinajstić information content (AvgIpc) is 0.918. The molecule has 0 fully saturated rings. The van der Waals surface area contributed by atoms with Crippen LogP contribution in [0.5, 0.6) is 0 Å². The molecule has 0 unspecified atom stereocenters. The van der Waals surface area contributed by atoms with Crippen molar-refractivity contribution in [3.63, 3.8) is 0 Å². The molecule has 4 heavy (non-hydrogen) atoms. The van der Waals surface area contributed by atoms with E-state index in [9.17, 15) is 0 Å². The van der Waals surface area contributed by atoms with Crippen LogP contribution in [0.1, 0.15) is 0 Å². The van der Waals surface area contributed by atoms with Gasteiger partial charge in [-0.3, -0.25) is 0 Å². The zero-order valence-corrected chi connectivity index (χ0v) is 5.99. The summed E-state index contributed by atoms with van der Waals surface area (Å²) in [4.78, 5) is 0. The van der Waals surface area contributed by atoms with Crippen molar-refractivity contribution in [1.82, 2.24) is 0 Å². The van der Waals surface area contributed by atoms with Gasteiger partial charge in [-0.25, -0.2) is 9.13 Å². The van der Waals surface area contributed by atoms with Gasteiger partial charge < -0.3 is 0 Å². The molecule has 0 atom stereocenters. The summed E-state index contributed by atoms with van der Waals surface area (Å²) in [6.07, 6.45) is 0. The molecule has 0 radical (unpaired) electrons. The molecule has 0 saturated heterocycles. The van der Waals surface area contributed by atoms with E-state index in [4.69, 9.17) is 9.13 Å². The van der Waals surface area contributed by atoms with E-state index in [1.165, 1.54) is 0 Å². The summed E-state index contributed by atoms with van der Waals surface area (Å²) >= 11 is 0. The van der Waals surface area contributed by atoms with Crippen molar-refractivity contribution in [3.8, 4) is 0 Å². The first-order valence-corrected chi connectivity index (χ1v) is 1.22. The molecule has 20 valence electrons. The fourth-order valence-electron chi connectivity index (χ4n) is 0. The zero-order chi connectivity index (χ0) is 2.71. The molecule has 0 bridgehead atoms. The Morgan fingerprint density at radius 1 is 1.25 bits per heavy atom. The third-order valence-electron chi connectivity index (χ3n) is 0. The van der Waals surface area contributed by atoms with Crippen LogP contribution in [0.3, 0.4) is 0 Å². The first-order valence-electron chi connectivity index (χ1n) is 0.408. The third kappa shape index (κ3) is 21.4. The van der Waals surface area contributed by atoms with E-state index < -0.39 is 8.34 Å². The SMILES string of the molecule is O=[PH]=O.[Zn]. The van der Waals surface area contributed by atoms with Gasteiger partial charge in [-0.15, -0.1) is 0 Å². The topological polar surface area (TPSA) is 34.1 Å². The Morgan fingerprint density at radius 2 is 1.25 bits per heavy atom. The van der Waals surface area contributed by atoms with Crippen LogP contribution in [-0.4, -0.2) is 0 Å². The van der Waals surface area contributed by atoms with Crippen LogP contribution in [0.2, 0.25) is 0 Å². The molecule has 0 saturated carbocycles. The van der Waals surface area contributed by atoms with Crippen LogP contribution in [0.15, 0.2) is 0 Å². The van der Waals surface area contributed by atoms with Gasteiger partial charge in [0.15, 0.2) is 0 Å². The van der Waals surface area contributed by atoms with Crippen molar-refractivity contribution in [3.05, 3.63) is 0 Å². The summed E-state index contributed by atoms with van der Waals surface area (Å²) in [6, 6.07) is 0. The number of hydrogen-bond donors (Lipinski definition) is 0. The van der Waals surface area contributed by atoms with Gasteiger partial charge in [0.2, 0.25) is 0 Å². The molecular weight excluding hydrogens is 128 g/mol. The Hall–Kier alpha value is 0.523. The third-order valence-corrected chi connectivity index (χ3v) is 0. The molecule has 0 aromatic rings. The second-order valence-corrected chi connectivity index (χ2v) is 0.250. The minimum absolute atomic E-state index is 0. The van der Waals surface area contributed by atoms with Crippen molar-refractivity contribution in [2.24, 2.45) is 0 Å². The Kier molecular flexibility index (Phi) is 21.3. The van der Waals surface area contributed by atoms with Gasteiger partial charge in [-0.05, 0) is 0 Å². The quantitative estimate of drug-likeness (QED) is 0.349. The largest absolute Gasteiger partial charge is 0.303 e. The molecule has 4 heteroatoms. The zero-order valence-electron chi connectivity index (χ0n) is 2.02. The molecule has 0 N–H and O–H groups in total.